The first kappa shape index (κ1) is 16.5. The molecule has 0 fully saturated rings. The number of nitrogens with zero attached hydrogens (tertiary/aromatic N) is 1. The number of hydrogen-bond donors (Lipinski definition) is 1. The second-order valence-corrected chi connectivity index (χ2v) is 5.24. The zero-order valence-corrected chi connectivity index (χ0v) is 13.3. The van der Waals surface area contributed by atoms with E-state index in [1.54, 1.807) is 38.4 Å². The minimum atomic E-state index is -0.132. The van der Waals surface area contributed by atoms with Crippen molar-refractivity contribution in [3.05, 3.63) is 60.2 Å². The summed E-state index contributed by atoms with van der Waals surface area (Å²) < 4.78 is 5.48. The molecule has 2 aromatic rings. The average molecular weight is 312 g/mol. The molecule has 1 N–H and O–H groups in total. The number of ether oxygens (including phenoxy) is 1. The SMILES string of the molecule is CN(C)C(=O)c1ccc(NC(=O)CCOc2ccccc2)cc1. The molecule has 0 radical (unpaired) electrons. The number of benzene rings is 2. The predicted octanol–water partition coefficient (Wildman–Crippen LogP) is 2.80. The zero-order chi connectivity index (χ0) is 16.7. The van der Waals surface area contributed by atoms with Crippen molar-refractivity contribution < 1.29 is 14.3 Å². The van der Waals surface area contributed by atoms with Gasteiger partial charge in [-0.3, -0.25) is 9.59 Å². The van der Waals surface area contributed by atoms with Gasteiger partial charge in [-0.1, -0.05) is 18.2 Å². The van der Waals surface area contributed by atoms with Crippen molar-refractivity contribution in [3.8, 4) is 5.75 Å². The lowest BCUT2D eigenvalue weighted by Crippen LogP contribution is -2.21. The smallest absolute Gasteiger partial charge is 0.253 e. The van der Waals surface area contributed by atoms with Gasteiger partial charge in [0.15, 0.2) is 0 Å². The normalized spacial score (nSPS) is 10.0. The van der Waals surface area contributed by atoms with E-state index in [1.807, 2.05) is 30.3 Å². The monoisotopic (exact) mass is 312 g/mol. The minimum Gasteiger partial charge on any atom is -0.493 e. The zero-order valence-electron chi connectivity index (χ0n) is 13.3. The standard InChI is InChI=1S/C18H20N2O3/c1-20(2)18(22)14-8-10-15(11-9-14)19-17(21)12-13-23-16-6-4-3-5-7-16/h3-11H,12-13H2,1-2H3,(H,19,21). The first-order chi connectivity index (χ1) is 11.1. The summed E-state index contributed by atoms with van der Waals surface area (Å²) in [6.07, 6.45) is 0.257. The highest BCUT2D eigenvalue weighted by Crippen LogP contribution is 2.12. The van der Waals surface area contributed by atoms with Crippen LogP contribution in [0.2, 0.25) is 0 Å². The van der Waals surface area contributed by atoms with Gasteiger partial charge in [-0.05, 0) is 36.4 Å². The molecule has 0 aliphatic heterocycles. The van der Waals surface area contributed by atoms with Crippen molar-refractivity contribution in [1.29, 1.82) is 0 Å². The number of carbonyl (C=O) groups excluding carboxylic acids is 2. The molecule has 0 saturated carbocycles. The first-order valence-electron chi connectivity index (χ1n) is 7.35. The molecule has 0 aromatic heterocycles. The van der Waals surface area contributed by atoms with Crippen molar-refractivity contribution in [2.45, 2.75) is 6.42 Å². The van der Waals surface area contributed by atoms with Crippen molar-refractivity contribution in [2.75, 3.05) is 26.0 Å². The first-order valence-corrected chi connectivity index (χ1v) is 7.35. The third kappa shape index (κ3) is 5.14. The highest BCUT2D eigenvalue weighted by atomic mass is 16.5. The molecule has 2 amide bonds. The van der Waals surface area contributed by atoms with Crippen LogP contribution in [0.25, 0.3) is 0 Å². The number of amides is 2. The van der Waals surface area contributed by atoms with Crippen LogP contribution in [-0.2, 0) is 4.79 Å². The molecule has 5 nitrogen and oxygen atoms in total. The number of anilines is 1. The van der Waals surface area contributed by atoms with Gasteiger partial charge in [0.1, 0.15) is 5.75 Å². The van der Waals surface area contributed by atoms with Gasteiger partial charge in [-0.25, -0.2) is 0 Å². The molecule has 0 bridgehead atoms. The van der Waals surface area contributed by atoms with Gasteiger partial charge in [0.25, 0.3) is 5.91 Å². The van der Waals surface area contributed by atoms with Gasteiger partial charge >= 0.3 is 0 Å². The van der Waals surface area contributed by atoms with Crippen LogP contribution in [0.5, 0.6) is 5.75 Å². The molecule has 0 atom stereocenters. The fraction of sp³-hybridized carbons (Fsp3) is 0.222. The summed E-state index contributed by atoms with van der Waals surface area (Å²) in [5.41, 5.74) is 1.24. The van der Waals surface area contributed by atoms with E-state index in [4.69, 9.17) is 4.74 Å². The number of para-hydroxylation sites is 1. The van der Waals surface area contributed by atoms with E-state index in [0.29, 0.717) is 17.9 Å². The quantitative estimate of drug-likeness (QED) is 0.892. The summed E-state index contributed by atoms with van der Waals surface area (Å²) >= 11 is 0. The maximum absolute atomic E-state index is 11.9. The molecule has 0 saturated heterocycles. The van der Waals surface area contributed by atoms with Crippen LogP contribution in [0, 0.1) is 0 Å². The number of nitrogens with one attached hydrogen (secondary N) is 1. The maximum atomic E-state index is 11.9. The van der Waals surface area contributed by atoms with Gasteiger partial charge in [0, 0.05) is 25.3 Å². The molecule has 0 aliphatic carbocycles. The lowest BCUT2D eigenvalue weighted by atomic mass is 10.2. The topological polar surface area (TPSA) is 58.6 Å². The van der Waals surface area contributed by atoms with Gasteiger partial charge in [0.05, 0.1) is 13.0 Å². The Kier molecular flexibility index (Phi) is 5.74. The van der Waals surface area contributed by atoms with Gasteiger partial charge in [-0.15, -0.1) is 0 Å². The molecule has 2 rings (SSSR count). The van der Waals surface area contributed by atoms with Crippen molar-refractivity contribution >= 4 is 17.5 Å². The molecule has 2 aromatic carbocycles. The Labute approximate surface area is 135 Å². The summed E-state index contributed by atoms with van der Waals surface area (Å²) in [5.74, 6) is 0.540. The fourth-order valence-electron chi connectivity index (χ4n) is 1.96. The van der Waals surface area contributed by atoms with E-state index in [2.05, 4.69) is 5.32 Å². The maximum Gasteiger partial charge on any atom is 0.253 e. The Morgan fingerprint density at radius 3 is 2.26 bits per heavy atom. The molecule has 120 valence electrons. The number of hydrogen-bond acceptors (Lipinski definition) is 3. The molecule has 0 aliphatic rings. The second-order valence-electron chi connectivity index (χ2n) is 5.24. The van der Waals surface area contributed by atoms with E-state index in [9.17, 15) is 9.59 Å². The van der Waals surface area contributed by atoms with Crippen molar-refractivity contribution in [2.24, 2.45) is 0 Å². The molecule has 0 spiro atoms. The number of carbonyl (C=O) groups is 2. The summed E-state index contributed by atoms with van der Waals surface area (Å²) in [7, 11) is 3.40. The number of rotatable bonds is 6. The lowest BCUT2D eigenvalue weighted by molar-refractivity contribution is -0.116. The average Bonchev–Trinajstić information content (AvgIpc) is 2.56. The minimum absolute atomic E-state index is 0.0702. The molecule has 0 heterocycles. The van der Waals surface area contributed by atoms with Crippen LogP contribution in [0.15, 0.2) is 54.6 Å². The second kappa shape index (κ2) is 7.98. The van der Waals surface area contributed by atoms with E-state index >= 15 is 0 Å². The van der Waals surface area contributed by atoms with Crippen LogP contribution >= 0.6 is 0 Å². The van der Waals surface area contributed by atoms with E-state index in [1.165, 1.54) is 4.90 Å². The summed E-state index contributed by atoms with van der Waals surface area (Å²) in [6, 6.07) is 16.2. The van der Waals surface area contributed by atoms with Crippen LogP contribution in [-0.4, -0.2) is 37.4 Å². The highest BCUT2D eigenvalue weighted by Gasteiger charge is 2.08. The molecule has 0 unspecified atom stereocenters. The molecule has 5 heteroatoms. The van der Waals surface area contributed by atoms with Crippen molar-refractivity contribution in [1.82, 2.24) is 4.90 Å². The summed E-state index contributed by atoms with van der Waals surface area (Å²) in [4.78, 5) is 25.1. The highest BCUT2D eigenvalue weighted by molar-refractivity contribution is 5.95. The van der Waals surface area contributed by atoms with Crippen LogP contribution < -0.4 is 10.1 Å². The van der Waals surface area contributed by atoms with Gasteiger partial charge in [-0.2, -0.15) is 0 Å². The Morgan fingerprint density at radius 1 is 1.00 bits per heavy atom. The molecule has 23 heavy (non-hydrogen) atoms. The molecular weight excluding hydrogens is 292 g/mol. The summed E-state index contributed by atoms with van der Waals surface area (Å²) in [5, 5.41) is 2.78. The largest absolute Gasteiger partial charge is 0.493 e. The van der Waals surface area contributed by atoms with Gasteiger partial charge < -0.3 is 15.0 Å². The van der Waals surface area contributed by atoms with E-state index < -0.39 is 0 Å². The summed E-state index contributed by atoms with van der Waals surface area (Å²) in [6.45, 7) is 0.313. The van der Waals surface area contributed by atoms with Gasteiger partial charge in [0.2, 0.25) is 5.91 Å². The predicted molar refractivity (Wildman–Crippen MR) is 89.6 cm³/mol. The van der Waals surface area contributed by atoms with Crippen LogP contribution in [0.4, 0.5) is 5.69 Å². The van der Waals surface area contributed by atoms with E-state index in [-0.39, 0.29) is 18.2 Å². The Balaban J connectivity index is 1.80. The van der Waals surface area contributed by atoms with Crippen LogP contribution in [0.3, 0.4) is 0 Å². The lowest BCUT2D eigenvalue weighted by Gasteiger charge is -2.11. The van der Waals surface area contributed by atoms with Crippen LogP contribution in [0.1, 0.15) is 16.8 Å². The third-order valence-electron chi connectivity index (χ3n) is 3.16. The fourth-order valence-corrected chi connectivity index (χ4v) is 1.96. The molecular formula is C18H20N2O3. The van der Waals surface area contributed by atoms with Crippen molar-refractivity contribution in [3.63, 3.8) is 0 Å². The Hall–Kier alpha value is -2.82. The Bertz CT molecular complexity index is 652. The Morgan fingerprint density at radius 2 is 1.65 bits per heavy atom. The van der Waals surface area contributed by atoms with E-state index in [0.717, 1.165) is 5.75 Å². The third-order valence-corrected chi connectivity index (χ3v) is 3.16.